The van der Waals surface area contributed by atoms with Crippen LogP contribution >= 0.6 is 0 Å². The molecular weight excluding hydrogens is 297 g/mol. The number of pyridine rings is 1. The van der Waals surface area contributed by atoms with Crippen LogP contribution in [0.2, 0.25) is 0 Å². The number of nitrogen functional groups attached to an aromatic ring is 1. The third kappa shape index (κ3) is 4.05. The van der Waals surface area contributed by atoms with Crippen molar-refractivity contribution >= 4 is 15.7 Å². The smallest absolute Gasteiger partial charge is 0.321 e. The average molecular weight is 312 g/mol. The Morgan fingerprint density at radius 2 is 2.10 bits per heavy atom. The van der Waals surface area contributed by atoms with E-state index in [1.165, 1.54) is 18.3 Å². The van der Waals surface area contributed by atoms with E-state index in [4.69, 9.17) is 5.84 Å². The van der Waals surface area contributed by atoms with E-state index in [9.17, 15) is 21.6 Å². The summed E-state index contributed by atoms with van der Waals surface area (Å²) in [6.07, 6.45) is -3.22. The summed E-state index contributed by atoms with van der Waals surface area (Å²) >= 11 is 0. The van der Waals surface area contributed by atoms with Crippen molar-refractivity contribution in [2.45, 2.75) is 24.5 Å². The monoisotopic (exact) mass is 312 g/mol. The summed E-state index contributed by atoms with van der Waals surface area (Å²) in [6.45, 7) is -0.244. The van der Waals surface area contributed by atoms with E-state index < -0.39 is 27.8 Å². The first-order chi connectivity index (χ1) is 9.22. The fraction of sp³-hybridized carbons (Fsp3) is 0.500. The van der Waals surface area contributed by atoms with Crippen LogP contribution in [0.3, 0.4) is 0 Å². The molecule has 0 aliphatic carbocycles. The fourth-order valence-corrected chi connectivity index (χ4v) is 3.14. The van der Waals surface area contributed by atoms with Crippen molar-refractivity contribution in [2.75, 3.05) is 18.5 Å². The Kier molecular flexibility index (Phi) is 5.31. The van der Waals surface area contributed by atoms with Crippen molar-refractivity contribution in [3.8, 4) is 0 Å². The summed E-state index contributed by atoms with van der Waals surface area (Å²) in [5.74, 6) is 5.15. The first-order valence-corrected chi connectivity index (χ1v) is 7.15. The standard InChI is InChI=1S/C10H15F3N4O2S/c1-2-6-17(7-10(11,12)13)20(18,19)9-8(16-14)4-3-5-15-9/h3-5,16H,2,6-7,14H2,1H3. The summed E-state index contributed by atoms with van der Waals surface area (Å²) in [4.78, 5) is 3.61. The Balaban J connectivity index is 3.22. The van der Waals surface area contributed by atoms with Gasteiger partial charge in [0.2, 0.25) is 0 Å². The van der Waals surface area contributed by atoms with Crippen LogP contribution in [-0.4, -0.2) is 37.0 Å². The number of hydrazine groups is 1. The van der Waals surface area contributed by atoms with Gasteiger partial charge in [-0.2, -0.15) is 17.5 Å². The molecule has 1 heterocycles. The maximum Gasteiger partial charge on any atom is 0.402 e. The van der Waals surface area contributed by atoms with Crippen LogP contribution in [0.15, 0.2) is 23.4 Å². The molecule has 0 saturated heterocycles. The molecule has 0 bridgehead atoms. The third-order valence-electron chi connectivity index (χ3n) is 2.34. The van der Waals surface area contributed by atoms with E-state index in [0.717, 1.165) is 0 Å². The molecule has 1 aromatic rings. The average Bonchev–Trinajstić information content (AvgIpc) is 2.36. The van der Waals surface area contributed by atoms with Crippen molar-refractivity contribution < 1.29 is 21.6 Å². The molecule has 114 valence electrons. The lowest BCUT2D eigenvalue weighted by molar-refractivity contribution is -0.136. The molecule has 0 fully saturated rings. The van der Waals surface area contributed by atoms with E-state index in [0.29, 0.717) is 4.31 Å². The van der Waals surface area contributed by atoms with Crippen LogP contribution in [0.5, 0.6) is 0 Å². The zero-order chi connectivity index (χ0) is 15.4. The highest BCUT2D eigenvalue weighted by atomic mass is 32.2. The number of alkyl halides is 3. The zero-order valence-electron chi connectivity index (χ0n) is 10.7. The molecule has 0 aliphatic heterocycles. The number of nitrogens with zero attached hydrogens (tertiary/aromatic N) is 2. The SMILES string of the molecule is CCCN(CC(F)(F)F)S(=O)(=O)c1ncccc1NN. The quantitative estimate of drug-likeness (QED) is 0.611. The number of nitrogens with one attached hydrogen (secondary N) is 1. The van der Waals surface area contributed by atoms with Gasteiger partial charge in [-0.05, 0) is 18.6 Å². The van der Waals surface area contributed by atoms with E-state index in [1.54, 1.807) is 6.92 Å². The predicted octanol–water partition coefficient (Wildman–Crippen LogP) is 1.33. The van der Waals surface area contributed by atoms with E-state index in [2.05, 4.69) is 10.4 Å². The lowest BCUT2D eigenvalue weighted by Crippen LogP contribution is -2.40. The number of hydrogen-bond acceptors (Lipinski definition) is 5. The van der Waals surface area contributed by atoms with Crippen LogP contribution in [-0.2, 0) is 10.0 Å². The van der Waals surface area contributed by atoms with Crippen LogP contribution in [0.1, 0.15) is 13.3 Å². The lowest BCUT2D eigenvalue weighted by atomic mass is 10.4. The van der Waals surface area contributed by atoms with Crippen LogP contribution in [0.4, 0.5) is 18.9 Å². The van der Waals surface area contributed by atoms with Gasteiger partial charge >= 0.3 is 6.18 Å². The Morgan fingerprint density at radius 3 is 2.60 bits per heavy atom. The molecule has 0 spiro atoms. The number of rotatable bonds is 6. The molecule has 0 aliphatic rings. The normalized spacial score (nSPS) is 12.7. The van der Waals surface area contributed by atoms with Gasteiger partial charge in [-0.25, -0.2) is 13.4 Å². The van der Waals surface area contributed by atoms with Gasteiger partial charge in [0.1, 0.15) is 6.54 Å². The number of aromatic nitrogens is 1. The third-order valence-corrected chi connectivity index (χ3v) is 4.15. The minimum atomic E-state index is -4.63. The molecule has 0 unspecified atom stereocenters. The summed E-state index contributed by atoms with van der Waals surface area (Å²) < 4.78 is 62.3. The summed E-state index contributed by atoms with van der Waals surface area (Å²) in [7, 11) is -4.38. The Morgan fingerprint density at radius 1 is 1.45 bits per heavy atom. The molecule has 10 heteroatoms. The summed E-state index contributed by atoms with van der Waals surface area (Å²) in [6, 6.07) is 2.74. The molecule has 20 heavy (non-hydrogen) atoms. The zero-order valence-corrected chi connectivity index (χ0v) is 11.5. The van der Waals surface area contributed by atoms with Gasteiger partial charge in [0, 0.05) is 12.7 Å². The number of anilines is 1. The number of nitrogens with two attached hydrogens (primary N) is 1. The Bertz CT molecular complexity index is 548. The van der Waals surface area contributed by atoms with Crippen LogP contribution < -0.4 is 11.3 Å². The molecule has 0 atom stereocenters. The van der Waals surface area contributed by atoms with Gasteiger partial charge in [-0.1, -0.05) is 6.92 Å². The van der Waals surface area contributed by atoms with Gasteiger partial charge < -0.3 is 5.43 Å². The largest absolute Gasteiger partial charge is 0.402 e. The van der Waals surface area contributed by atoms with Gasteiger partial charge in [0.25, 0.3) is 10.0 Å². The second-order valence-corrected chi connectivity index (χ2v) is 5.81. The predicted molar refractivity (Wildman–Crippen MR) is 67.2 cm³/mol. The second-order valence-electron chi connectivity index (χ2n) is 3.95. The Hall–Kier alpha value is -1.39. The minimum absolute atomic E-state index is 0.0595. The molecule has 3 N–H and O–H groups in total. The molecule has 0 saturated carbocycles. The topological polar surface area (TPSA) is 88.3 Å². The van der Waals surface area contributed by atoms with E-state index in [-0.39, 0.29) is 18.7 Å². The van der Waals surface area contributed by atoms with Crippen LogP contribution in [0.25, 0.3) is 0 Å². The molecule has 0 amide bonds. The Labute approximate surface area is 114 Å². The second kappa shape index (κ2) is 6.37. The number of sulfonamides is 1. The lowest BCUT2D eigenvalue weighted by Gasteiger charge is -2.23. The minimum Gasteiger partial charge on any atom is -0.321 e. The number of halogens is 3. The maximum atomic E-state index is 12.5. The van der Waals surface area contributed by atoms with Crippen LogP contribution in [0, 0.1) is 0 Å². The maximum absolute atomic E-state index is 12.5. The summed E-state index contributed by atoms with van der Waals surface area (Å²) in [5, 5.41) is -0.528. The highest BCUT2D eigenvalue weighted by molar-refractivity contribution is 7.89. The highest BCUT2D eigenvalue weighted by Gasteiger charge is 2.38. The van der Waals surface area contributed by atoms with Gasteiger partial charge in [0.15, 0.2) is 5.03 Å². The first-order valence-electron chi connectivity index (χ1n) is 5.71. The van der Waals surface area contributed by atoms with Crippen molar-refractivity contribution in [2.24, 2.45) is 5.84 Å². The van der Waals surface area contributed by atoms with Crippen molar-refractivity contribution in [1.82, 2.24) is 9.29 Å². The molecular formula is C10H15F3N4O2S. The first kappa shape index (κ1) is 16.7. The van der Waals surface area contributed by atoms with Gasteiger partial charge in [-0.15, -0.1) is 0 Å². The fourth-order valence-electron chi connectivity index (χ4n) is 1.56. The molecule has 1 aromatic heterocycles. The molecule has 1 rings (SSSR count). The highest BCUT2D eigenvalue weighted by Crippen LogP contribution is 2.25. The van der Waals surface area contributed by atoms with Gasteiger partial charge in [-0.3, -0.25) is 5.84 Å². The summed E-state index contributed by atoms with van der Waals surface area (Å²) in [5.41, 5.74) is 2.05. The van der Waals surface area contributed by atoms with Crippen molar-refractivity contribution in [3.63, 3.8) is 0 Å². The molecule has 0 radical (unpaired) electrons. The van der Waals surface area contributed by atoms with E-state index >= 15 is 0 Å². The van der Waals surface area contributed by atoms with E-state index in [1.807, 2.05) is 0 Å². The molecule has 6 nitrogen and oxygen atoms in total. The van der Waals surface area contributed by atoms with Gasteiger partial charge in [0.05, 0.1) is 5.69 Å². The van der Waals surface area contributed by atoms with Crippen molar-refractivity contribution in [3.05, 3.63) is 18.3 Å². The van der Waals surface area contributed by atoms with Crippen molar-refractivity contribution in [1.29, 1.82) is 0 Å². The number of hydrogen-bond donors (Lipinski definition) is 2. The molecule has 0 aromatic carbocycles.